The van der Waals surface area contributed by atoms with E-state index >= 15 is 0 Å². The van der Waals surface area contributed by atoms with Crippen LogP contribution in [0, 0.1) is 5.92 Å². The van der Waals surface area contributed by atoms with E-state index in [-0.39, 0.29) is 10.8 Å². The Hall–Kier alpha value is -2.96. The van der Waals surface area contributed by atoms with Crippen LogP contribution in [0.3, 0.4) is 0 Å². The lowest BCUT2D eigenvalue weighted by Gasteiger charge is -2.11. The number of hydrogen-bond acceptors (Lipinski definition) is 4. The quantitative estimate of drug-likeness (QED) is 0.389. The average molecular weight is 407 g/mol. The van der Waals surface area contributed by atoms with E-state index in [0.29, 0.717) is 23.1 Å². The van der Waals surface area contributed by atoms with Gasteiger partial charge in [0.25, 0.3) is 0 Å². The summed E-state index contributed by atoms with van der Waals surface area (Å²) in [5.74, 6) is 0.203. The zero-order valence-electron chi connectivity index (χ0n) is 16.2. The maximum Gasteiger partial charge on any atom is 0.344 e. The molecule has 0 atom stereocenters. The Morgan fingerprint density at radius 3 is 2.38 bits per heavy atom. The summed E-state index contributed by atoms with van der Waals surface area (Å²) in [7, 11) is -3.63. The summed E-state index contributed by atoms with van der Waals surface area (Å²) in [6.45, 7) is 4.26. The van der Waals surface area contributed by atoms with E-state index in [1.165, 1.54) is 0 Å². The third kappa shape index (κ3) is 3.81. The second kappa shape index (κ2) is 7.46. The van der Waals surface area contributed by atoms with Crippen molar-refractivity contribution in [3.63, 3.8) is 0 Å². The molecule has 1 N–H and O–H groups in total. The van der Waals surface area contributed by atoms with E-state index in [4.69, 9.17) is 4.42 Å². The maximum atomic E-state index is 12.7. The van der Waals surface area contributed by atoms with E-state index in [0.717, 1.165) is 16.3 Å². The van der Waals surface area contributed by atoms with Crippen molar-refractivity contribution in [2.75, 3.05) is 6.54 Å². The van der Waals surface area contributed by atoms with Crippen LogP contribution in [0.25, 0.3) is 32.9 Å². The molecule has 4 rings (SSSR count). The number of rotatable bonds is 5. The predicted octanol–water partition coefficient (Wildman–Crippen LogP) is 4.55. The summed E-state index contributed by atoms with van der Waals surface area (Å²) < 4.78 is 33.5. The van der Waals surface area contributed by atoms with Crippen molar-refractivity contribution in [3.05, 3.63) is 77.2 Å². The minimum Gasteiger partial charge on any atom is -0.422 e. The van der Waals surface area contributed by atoms with Crippen molar-refractivity contribution >= 4 is 31.8 Å². The fourth-order valence-corrected chi connectivity index (χ4v) is 4.48. The zero-order valence-corrected chi connectivity index (χ0v) is 17.0. The molecule has 3 aromatic carbocycles. The maximum absolute atomic E-state index is 12.7. The summed E-state index contributed by atoms with van der Waals surface area (Å²) in [5, 5.41) is 2.28. The summed E-state index contributed by atoms with van der Waals surface area (Å²) in [6.07, 6.45) is 0. The minimum atomic E-state index is -3.63. The zero-order chi connectivity index (χ0) is 20.6. The summed E-state index contributed by atoms with van der Waals surface area (Å²) in [5.41, 5.74) is 1.19. The molecule has 0 aliphatic heterocycles. The molecule has 29 heavy (non-hydrogen) atoms. The van der Waals surface area contributed by atoms with Crippen molar-refractivity contribution in [1.29, 1.82) is 0 Å². The van der Waals surface area contributed by atoms with Gasteiger partial charge >= 0.3 is 5.63 Å². The molecule has 0 saturated heterocycles. The molecule has 0 fully saturated rings. The third-order valence-electron chi connectivity index (χ3n) is 4.78. The Labute approximate surface area is 169 Å². The second-order valence-electron chi connectivity index (χ2n) is 7.42. The lowest BCUT2D eigenvalue weighted by Crippen LogP contribution is -2.27. The van der Waals surface area contributed by atoms with Gasteiger partial charge in [-0.25, -0.2) is 17.9 Å². The van der Waals surface area contributed by atoms with E-state index < -0.39 is 15.6 Å². The van der Waals surface area contributed by atoms with E-state index in [2.05, 4.69) is 4.72 Å². The average Bonchev–Trinajstić information content (AvgIpc) is 2.72. The molecule has 0 aliphatic rings. The fourth-order valence-electron chi connectivity index (χ4n) is 3.24. The normalized spacial score (nSPS) is 12.1. The Morgan fingerprint density at radius 1 is 0.931 bits per heavy atom. The standard InChI is InChI=1S/C23H21NO4S/c1-15(2)14-24-29(26,27)18-10-8-17-9-11-22-21(19(17)12-18)13-20(23(25)28-22)16-6-4-3-5-7-16/h3-13,15,24H,14H2,1-2H3. The fraction of sp³-hybridized carbons (Fsp3) is 0.174. The van der Waals surface area contributed by atoms with Gasteiger partial charge in [0.05, 0.1) is 10.5 Å². The van der Waals surface area contributed by atoms with Crippen LogP contribution in [0.2, 0.25) is 0 Å². The van der Waals surface area contributed by atoms with Crippen LogP contribution in [-0.2, 0) is 10.0 Å². The van der Waals surface area contributed by atoms with E-state index in [1.807, 2.05) is 50.2 Å². The molecular weight excluding hydrogens is 386 g/mol. The highest BCUT2D eigenvalue weighted by molar-refractivity contribution is 7.89. The lowest BCUT2D eigenvalue weighted by molar-refractivity contribution is 0.560. The number of nitrogens with one attached hydrogen (secondary N) is 1. The molecule has 4 aromatic rings. The smallest absolute Gasteiger partial charge is 0.344 e. The van der Waals surface area contributed by atoms with Gasteiger partial charge in [0.2, 0.25) is 10.0 Å². The molecule has 1 aromatic heterocycles. The van der Waals surface area contributed by atoms with Gasteiger partial charge in [0.1, 0.15) is 5.58 Å². The number of hydrogen-bond donors (Lipinski definition) is 1. The summed E-state index contributed by atoms with van der Waals surface area (Å²) in [6, 6.07) is 19.6. The van der Waals surface area contributed by atoms with E-state index in [1.54, 1.807) is 30.3 Å². The summed E-state index contributed by atoms with van der Waals surface area (Å²) in [4.78, 5) is 12.7. The van der Waals surface area contributed by atoms with Crippen LogP contribution in [0.5, 0.6) is 0 Å². The van der Waals surface area contributed by atoms with Gasteiger partial charge < -0.3 is 4.42 Å². The predicted molar refractivity (Wildman–Crippen MR) is 115 cm³/mol. The topological polar surface area (TPSA) is 76.4 Å². The Balaban J connectivity index is 1.93. The highest BCUT2D eigenvalue weighted by Crippen LogP contribution is 2.29. The first-order chi connectivity index (χ1) is 13.8. The molecule has 148 valence electrons. The Kier molecular flexibility index (Phi) is 4.98. The van der Waals surface area contributed by atoms with Crippen LogP contribution < -0.4 is 10.3 Å². The van der Waals surface area contributed by atoms with Crippen molar-refractivity contribution in [2.24, 2.45) is 5.92 Å². The van der Waals surface area contributed by atoms with Gasteiger partial charge in [0, 0.05) is 11.9 Å². The Bertz CT molecular complexity index is 1360. The van der Waals surface area contributed by atoms with Gasteiger partial charge in [-0.05, 0) is 46.5 Å². The van der Waals surface area contributed by atoms with Gasteiger partial charge in [-0.15, -0.1) is 0 Å². The van der Waals surface area contributed by atoms with Crippen molar-refractivity contribution in [2.45, 2.75) is 18.7 Å². The second-order valence-corrected chi connectivity index (χ2v) is 9.19. The van der Waals surface area contributed by atoms with Crippen molar-refractivity contribution in [1.82, 2.24) is 4.72 Å². The Morgan fingerprint density at radius 2 is 1.66 bits per heavy atom. The molecular formula is C23H21NO4S. The molecule has 0 aliphatic carbocycles. The van der Waals surface area contributed by atoms with Crippen molar-refractivity contribution < 1.29 is 12.8 Å². The molecule has 0 unspecified atom stereocenters. The molecule has 6 heteroatoms. The highest BCUT2D eigenvalue weighted by atomic mass is 32.2. The van der Waals surface area contributed by atoms with Crippen LogP contribution in [-0.4, -0.2) is 15.0 Å². The summed E-state index contributed by atoms with van der Waals surface area (Å²) >= 11 is 0. The first-order valence-electron chi connectivity index (χ1n) is 9.41. The molecule has 5 nitrogen and oxygen atoms in total. The van der Waals surface area contributed by atoms with Crippen LogP contribution in [0.1, 0.15) is 13.8 Å². The van der Waals surface area contributed by atoms with Gasteiger partial charge in [-0.3, -0.25) is 0 Å². The molecule has 0 saturated carbocycles. The molecule has 0 radical (unpaired) electrons. The van der Waals surface area contributed by atoms with E-state index in [9.17, 15) is 13.2 Å². The van der Waals surface area contributed by atoms with Crippen molar-refractivity contribution in [3.8, 4) is 11.1 Å². The number of fused-ring (bicyclic) bond motifs is 3. The lowest BCUT2D eigenvalue weighted by atomic mass is 10.0. The first-order valence-corrected chi connectivity index (χ1v) is 10.9. The third-order valence-corrected chi connectivity index (χ3v) is 6.20. The van der Waals surface area contributed by atoms with Crippen LogP contribution in [0.15, 0.2) is 80.8 Å². The SMILES string of the molecule is CC(C)CNS(=O)(=O)c1ccc2ccc3oc(=O)c(-c4ccccc4)cc3c2c1. The largest absolute Gasteiger partial charge is 0.422 e. The van der Waals surface area contributed by atoms with Gasteiger partial charge in [-0.1, -0.05) is 56.3 Å². The molecule has 0 spiro atoms. The van der Waals surface area contributed by atoms with Gasteiger partial charge in [0.15, 0.2) is 0 Å². The number of benzene rings is 3. The monoisotopic (exact) mass is 407 g/mol. The van der Waals surface area contributed by atoms with Crippen LogP contribution in [0.4, 0.5) is 0 Å². The first kappa shape index (κ1) is 19.4. The highest BCUT2D eigenvalue weighted by Gasteiger charge is 2.16. The minimum absolute atomic E-state index is 0.186. The van der Waals surface area contributed by atoms with Crippen LogP contribution >= 0.6 is 0 Å². The molecule has 1 heterocycles. The molecule has 0 bridgehead atoms. The number of sulfonamides is 1. The molecule has 0 amide bonds. The van der Waals surface area contributed by atoms with Gasteiger partial charge in [-0.2, -0.15) is 0 Å².